The zero-order valence-corrected chi connectivity index (χ0v) is 9.56. The first-order chi connectivity index (χ1) is 7.12. The molecule has 0 spiro atoms. The van der Waals surface area contributed by atoms with Gasteiger partial charge in [-0.15, -0.1) is 0 Å². The summed E-state index contributed by atoms with van der Waals surface area (Å²) in [6, 6.07) is 1.95. The van der Waals surface area contributed by atoms with E-state index in [0.29, 0.717) is 0 Å². The minimum atomic E-state index is -0.250. The van der Waals surface area contributed by atoms with Crippen molar-refractivity contribution in [2.24, 2.45) is 5.41 Å². The maximum absolute atomic E-state index is 5.70. The molecule has 0 unspecified atom stereocenters. The summed E-state index contributed by atoms with van der Waals surface area (Å²) in [4.78, 5) is 0. The molecular weight excluding hydrogens is 191 g/mol. The van der Waals surface area contributed by atoms with Crippen molar-refractivity contribution >= 4 is 12.7 Å². The van der Waals surface area contributed by atoms with Crippen LogP contribution in [-0.2, 0) is 15.9 Å². The number of hydrogen-bond acceptors (Lipinski definition) is 3. The number of rotatable bonds is 2. The second-order valence-electron chi connectivity index (χ2n) is 4.69. The standard InChI is InChI=1S/C10H17BN2O2/c1-4-13-9(5-6-12-13)11-14-7-10(2,3)8-15-11/h5-6H,4,7-8H2,1-3H3. The number of aryl methyl sites for hydroxylation is 1. The fourth-order valence-electron chi connectivity index (χ4n) is 1.67. The van der Waals surface area contributed by atoms with Crippen molar-refractivity contribution in [1.82, 2.24) is 9.78 Å². The molecule has 0 aromatic carbocycles. The van der Waals surface area contributed by atoms with Gasteiger partial charge in [0.1, 0.15) is 0 Å². The monoisotopic (exact) mass is 208 g/mol. The summed E-state index contributed by atoms with van der Waals surface area (Å²) in [5, 5.41) is 4.20. The van der Waals surface area contributed by atoms with Gasteiger partial charge in [0.05, 0.1) is 5.59 Å². The first-order valence-electron chi connectivity index (χ1n) is 5.37. The molecule has 15 heavy (non-hydrogen) atoms. The number of aromatic nitrogens is 2. The van der Waals surface area contributed by atoms with Gasteiger partial charge in [-0.1, -0.05) is 13.8 Å². The van der Waals surface area contributed by atoms with E-state index in [2.05, 4.69) is 25.9 Å². The van der Waals surface area contributed by atoms with Crippen LogP contribution in [-0.4, -0.2) is 30.1 Å². The van der Waals surface area contributed by atoms with Crippen LogP contribution in [0.1, 0.15) is 20.8 Å². The van der Waals surface area contributed by atoms with Crippen molar-refractivity contribution in [3.63, 3.8) is 0 Å². The fourth-order valence-corrected chi connectivity index (χ4v) is 1.67. The molecule has 1 aliphatic heterocycles. The van der Waals surface area contributed by atoms with Gasteiger partial charge in [-0.2, -0.15) is 5.10 Å². The molecule has 4 nitrogen and oxygen atoms in total. The summed E-state index contributed by atoms with van der Waals surface area (Å²) >= 11 is 0. The number of nitrogens with zero attached hydrogens (tertiary/aromatic N) is 2. The fraction of sp³-hybridized carbons (Fsp3) is 0.700. The van der Waals surface area contributed by atoms with Crippen LogP contribution in [0.5, 0.6) is 0 Å². The molecular formula is C10H17BN2O2. The van der Waals surface area contributed by atoms with Gasteiger partial charge in [-0.25, -0.2) is 0 Å². The van der Waals surface area contributed by atoms with Crippen LogP contribution < -0.4 is 5.59 Å². The third-order valence-electron chi connectivity index (χ3n) is 2.54. The Morgan fingerprint density at radius 3 is 2.73 bits per heavy atom. The van der Waals surface area contributed by atoms with Gasteiger partial charge in [-0.3, -0.25) is 4.68 Å². The molecule has 1 aromatic heterocycles. The van der Waals surface area contributed by atoms with Gasteiger partial charge >= 0.3 is 7.12 Å². The first kappa shape index (κ1) is 10.7. The average molecular weight is 208 g/mol. The molecule has 2 heterocycles. The molecule has 0 aliphatic carbocycles. The zero-order valence-electron chi connectivity index (χ0n) is 9.56. The van der Waals surface area contributed by atoms with Crippen LogP contribution in [0.15, 0.2) is 12.3 Å². The minimum Gasteiger partial charge on any atom is -0.406 e. The van der Waals surface area contributed by atoms with Gasteiger partial charge in [0, 0.05) is 31.4 Å². The average Bonchev–Trinajstić information content (AvgIpc) is 2.65. The van der Waals surface area contributed by atoms with Gasteiger partial charge in [0.2, 0.25) is 0 Å². The van der Waals surface area contributed by atoms with Crippen molar-refractivity contribution in [3.05, 3.63) is 12.3 Å². The Balaban J connectivity index is 2.07. The lowest BCUT2D eigenvalue weighted by Gasteiger charge is -2.33. The SMILES string of the molecule is CCn1nccc1B1OCC(C)(C)CO1. The Kier molecular flexibility index (Phi) is 2.84. The van der Waals surface area contributed by atoms with Crippen LogP contribution >= 0.6 is 0 Å². The van der Waals surface area contributed by atoms with E-state index in [1.165, 1.54) is 0 Å². The molecule has 5 heteroatoms. The van der Waals surface area contributed by atoms with Crippen molar-refractivity contribution in [3.8, 4) is 0 Å². The summed E-state index contributed by atoms with van der Waals surface area (Å²) in [5.41, 5.74) is 1.13. The minimum absolute atomic E-state index is 0.119. The van der Waals surface area contributed by atoms with E-state index in [-0.39, 0.29) is 12.5 Å². The normalized spacial score (nSPS) is 20.6. The second kappa shape index (κ2) is 3.98. The molecule has 0 atom stereocenters. The van der Waals surface area contributed by atoms with E-state index in [9.17, 15) is 0 Å². The Morgan fingerprint density at radius 2 is 2.13 bits per heavy atom. The molecule has 0 amide bonds. The highest BCUT2D eigenvalue weighted by Crippen LogP contribution is 2.21. The van der Waals surface area contributed by atoms with Gasteiger partial charge in [0.25, 0.3) is 0 Å². The molecule has 1 fully saturated rings. The van der Waals surface area contributed by atoms with E-state index < -0.39 is 0 Å². The van der Waals surface area contributed by atoms with Crippen LogP contribution in [0.25, 0.3) is 0 Å². The Hall–Kier alpha value is -0.805. The Bertz CT molecular complexity index is 328. The quantitative estimate of drug-likeness (QED) is 0.670. The predicted octanol–water partition coefficient (Wildman–Crippen LogP) is 0.671. The van der Waals surface area contributed by atoms with E-state index >= 15 is 0 Å². The Labute approximate surface area is 90.7 Å². The van der Waals surface area contributed by atoms with Crippen LogP contribution in [0.2, 0.25) is 0 Å². The first-order valence-corrected chi connectivity index (χ1v) is 5.37. The molecule has 1 aromatic rings. The summed E-state index contributed by atoms with van der Waals surface area (Å²) in [6.07, 6.45) is 1.78. The molecule has 2 rings (SSSR count). The molecule has 82 valence electrons. The third-order valence-corrected chi connectivity index (χ3v) is 2.54. The summed E-state index contributed by atoms with van der Waals surface area (Å²) < 4.78 is 13.3. The molecule has 0 N–H and O–H groups in total. The summed E-state index contributed by atoms with van der Waals surface area (Å²) in [5.74, 6) is 0. The highest BCUT2D eigenvalue weighted by molar-refractivity contribution is 6.60. The van der Waals surface area contributed by atoms with Gasteiger partial charge in [-0.05, 0) is 13.0 Å². The van der Waals surface area contributed by atoms with Crippen LogP contribution in [0.4, 0.5) is 0 Å². The van der Waals surface area contributed by atoms with Crippen molar-refractivity contribution in [1.29, 1.82) is 0 Å². The largest absolute Gasteiger partial charge is 0.513 e. The van der Waals surface area contributed by atoms with Crippen molar-refractivity contribution in [2.45, 2.75) is 27.3 Å². The lowest BCUT2D eigenvalue weighted by molar-refractivity contribution is 0.0336. The van der Waals surface area contributed by atoms with Crippen LogP contribution in [0, 0.1) is 5.41 Å². The van der Waals surface area contributed by atoms with Crippen molar-refractivity contribution in [2.75, 3.05) is 13.2 Å². The van der Waals surface area contributed by atoms with E-state index in [4.69, 9.17) is 9.31 Å². The lowest BCUT2D eigenvalue weighted by atomic mass is 9.80. The molecule has 1 aliphatic rings. The third kappa shape index (κ3) is 2.24. The van der Waals surface area contributed by atoms with Crippen LogP contribution in [0.3, 0.4) is 0 Å². The summed E-state index contributed by atoms with van der Waals surface area (Å²) in [6.45, 7) is 8.64. The highest BCUT2D eigenvalue weighted by Gasteiger charge is 2.35. The smallest absolute Gasteiger partial charge is 0.406 e. The maximum Gasteiger partial charge on any atom is 0.513 e. The van der Waals surface area contributed by atoms with E-state index in [1.807, 2.05) is 10.7 Å². The van der Waals surface area contributed by atoms with Gasteiger partial charge < -0.3 is 9.31 Å². The summed E-state index contributed by atoms with van der Waals surface area (Å²) in [7, 11) is -0.250. The van der Waals surface area contributed by atoms with Crippen molar-refractivity contribution < 1.29 is 9.31 Å². The molecule has 0 radical (unpaired) electrons. The highest BCUT2D eigenvalue weighted by atomic mass is 16.6. The van der Waals surface area contributed by atoms with Gasteiger partial charge in [0.15, 0.2) is 0 Å². The zero-order chi connectivity index (χ0) is 10.9. The number of hydrogen-bond donors (Lipinski definition) is 0. The molecule has 1 saturated heterocycles. The van der Waals surface area contributed by atoms with E-state index in [0.717, 1.165) is 25.4 Å². The maximum atomic E-state index is 5.70. The lowest BCUT2D eigenvalue weighted by Crippen LogP contribution is -2.49. The predicted molar refractivity (Wildman–Crippen MR) is 59.0 cm³/mol. The van der Waals surface area contributed by atoms with E-state index in [1.54, 1.807) is 6.20 Å². The topological polar surface area (TPSA) is 36.3 Å². The Morgan fingerprint density at radius 1 is 1.47 bits per heavy atom. The molecule has 0 saturated carbocycles. The molecule has 0 bridgehead atoms. The second-order valence-corrected chi connectivity index (χ2v) is 4.69.